The molecular formula is C8H19N3O4S. The number of ether oxygens (including phenoxy) is 1. The molecule has 0 aliphatic rings. The molecule has 1 amide bonds. The third-order valence-electron chi connectivity index (χ3n) is 2.07. The van der Waals surface area contributed by atoms with Crippen LogP contribution in [0.2, 0.25) is 0 Å². The van der Waals surface area contributed by atoms with Crippen LogP contribution in [0.1, 0.15) is 20.3 Å². The normalized spacial score (nSPS) is 13.6. The Labute approximate surface area is 96.1 Å². The molecule has 7 nitrogen and oxygen atoms in total. The number of carbonyl (C=O) groups is 1. The van der Waals surface area contributed by atoms with E-state index < -0.39 is 16.3 Å². The fourth-order valence-corrected chi connectivity index (χ4v) is 1.99. The maximum atomic E-state index is 11.6. The first kappa shape index (κ1) is 15.1. The van der Waals surface area contributed by atoms with Crippen LogP contribution in [0.3, 0.4) is 0 Å². The van der Waals surface area contributed by atoms with Crippen molar-refractivity contribution >= 4 is 16.3 Å². The van der Waals surface area contributed by atoms with E-state index >= 15 is 0 Å². The van der Waals surface area contributed by atoms with Crippen molar-refractivity contribution in [2.75, 3.05) is 20.2 Å². The van der Waals surface area contributed by atoms with Gasteiger partial charge in [0.15, 0.2) is 0 Å². The highest BCUT2D eigenvalue weighted by Crippen LogP contribution is 2.05. The van der Waals surface area contributed by atoms with E-state index in [0.717, 1.165) is 4.31 Å². The van der Waals surface area contributed by atoms with Gasteiger partial charge in [0, 0.05) is 13.1 Å². The molecule has 16 heavy (non-hydrogen) atoms. The molecule has 0 rings (SSSR count). The Morgan fingerprint density at radius 1 is 1.56 bits per heavy atom. The molecule has 0 aliphatic heterocycles. The van der Waals surface area contributed by atoms with Crippen molar-refractivity contribution in [2.24, 2.45) is 5.73 Å². The molecule has 1 atom stereocenters. The minimum Gasteiger partial charge on any atom is -0.449 e. The van der Waals surface area contributed by atoms with E-state index in [4.69, 9.17) is 5.73 Å². The summed E-state index contributed by atoms with van der Waals surface area (Å²) in [6.07, 6.45) is -0.463. The Morgan fingerprint density at radius 3 is 2.56 bits per heavy atom. The van der Waals surface area contributed by atoms with E-state index in [1.54, 1.807) is 18.6 Å². The summed E-state index contributed by atoms with van der Waals surface area (Å²) >= 11 is 0. The molecule has 0 aliphatic carbocycles. The first-order chi connectivity index (χ1) is 7.35. The van der Waals surface area contributed by atoms with Crippen molar-refractivity contribution in [1.29, 1.82) is 0 Å². The lowest BCUT2D eigenvalue weighted by atomic mass is 10.2. The summed E-state index contributed by atoms with van der Waals surface area (Å²) in [5, 5.41) is 0. The zero-order valence-corrected chi connectivity index (χ0v) is 10.6. The smallest absolute Gasteiger partial charge is 0.421 e. The van der Waals surface area contributed by atoms with Crippen LogP contribution in [-0.4, -0.2) is 45.1 Å². The van der Waals surface area contributed by atoms with Gasteiger partial charge in [0.2, 0.25) is 0 Å². The van der Waals surface area contributed by atoms with Gasteiger partial charge in [-0.3, -0.25) is 0 Å². The van der Waals surface area contributed by atoms with Crippen LogP contribution in [0.15, 0.2) is 0 Å². The third-order valence-corrected chi connectivity index (χ3v) is 3.61. The summed E-state index contributed by atoms with van der Waals surface area (Å²) in [5.41, 5.74) is 5.33. The Hall–Kier alpha value is -0.860. The van der Waals surface area contributed by atoms with Gasteiger partial charge in [0.05, 0.1) is 6.61 Å². The lowest BCUT2D eigenvalue weighted by Gasteiger charge is -2.23. The van der Waals surface area contributed by atoms with E-state index in [2.05, 4.69) is 4.74 Å². The number of nitrogens with two attached hydrogens (primary N) is 1. The van der Waals surface area contributed by atoms with Gasteiger partial charge in [-0.15, -0.1) is 0 Å². The number of hydrogen-bond donors (Lipinski definition) is 2. The Morgan fingerprint density at radius 2 is 2.12 bits per heavy atom. The maximum absolute atomic E-state index is 11.6. The molecule has 96 valence electrons. The lowest BCUT2D eigenvalue weighted by molar-refractivity contribution is 0.158. The average Bonchev–Trinajstić information content (AvgIpc) is 2.16. The summed E-state index contributed by atoms with van der Waals surface area (Å²) in [5.74, 6) is 0. The molecular weight excluding hydrogens is 234 g/mol. The predicted molar refractivity (Wildman–Crippen MR) is 60.0 cm³/mol. The van der Waals surface area contributed by atoms with Crippen molar-refractivity contribution in [2.45, 2.75) is 26.3 Å². The fourth-order valence-electron chi connectivity index (χ4n) is 0.998. The van der Waals surface area contributed by atoms with Gasteiger partial charge in [-0.2, -0.15) is 12.7 Å². The molecule has 0 saturated carbocycles. The average molecular weight is 253 g/mol. The fraction of sp³-hybridized carbons (Fsp3) is 0.875. The highest BCUT2D eigenvalue weighted by Gasteiger charge is 2.25. The Bertz CT molecular complexity index is 317. The van der Waals surface area contributed by atoms with Gasteiger partial charge in [0.25, 0.3) is 0 Å². The van der Waals surface area contributed by atoms with Crippen LogP contribution in [0.25, 0.3) is 0 Å². The van der Waals surface area contributed by atoms with Gasteiger partial charge in [-0.1, -0.05) is 0 Å². The van der Waals surface area contributed by atoms with Crippen LogP contribution in [0.5, 0.6) is 0 Å². The van der Waals surface area contributed by atoms with Crippen LogP contribution in [0.4, 0.5) is 4.79 Å². The highest BCUT2D eigenvalue weighted by atomic mass is 32.2. The zero-order chi connectivity index (χ0) is 12.8. The molecule has 0 spiro atoms. The SMILES string of the molecule is CCOC(=O)NS(=O)(=O)N(C)C(C)CCN. The maximum Gasteiger partial charge on any atom is 0.421 e. The first-order valence-electron chi connectivity index (χ1n) is 4.97. The molecule has 3 N–H and O–H groups in total. The molecule has 0 saturated heterocycles. The largest absolute Gasteiger partial charge is 0.449 e. The van der Waals surface area contributed by atoms with Gasteiger partial charge >= 0.3 is 16.3 Å². The minimum absolute atomic E-state index is 0.115. The summed E-state index contributed by atoms with van der Waals surface area (Å²) in [6, 6.07) is -0.281. The van der Waals surface area contributed by atoms with Crippen LogP contribution < -0.4 is 10.5 Å². The quantitative estimate of drug-likeness (QED) is 0.673. The second-order valence-electron chi connectivity index (χ2n) is 3.27. The van der Waals surface area contributed by atoms with E-state index in [-0.39, 0.29) is 12.6 Å². The number of carbonyl (C=O) groups excluding carboxylic acids is 1. The summed E-state index contributed by atoms with van der Waals surface area (Å²) in [7, 11) is -2.47. The molecule has 8 heteroatoms. The standard InChI is InChI=1S/C8H19N3O4S/c1-4-15-8(12)10-16(13,14)11(3)7(2)5-6-9/h7H,4-6,9H2,1-3H3,(H,10,12). The van der Waals surface area contributed by atoms with Crippen LogP contribution in [0, 0.1) is 0 Å². The monoisotopic (exact) mass is 253 g/mol. The molecule has 1 unspecified atom stereocenters. The molecule has 0 aromatic carbocycles. The van der Waals surface area contributed by atoms with Gasteiger partial charge in [-0.05, 0) is 26.8 Å². The summed E-state index contributed by atoms with van der Waals surface area (Å²) in [6.45, 7) is 3.79. The predicted octanol–water partition coefficient (Wildman–Crippen LogP) is -0.354. The molecule has 0 fully saturated rings. The lowest BCUT2D eigenvalue weighted by Crippen LogP contribution is -2.46. The van der Waals surface area contributed by atoms with E-state index in [1.807, 2.05) is 0 Å². The van der Waals surface area contributed by atoms with Crippen molar-refractivity contribution in [1.82, 2.24) is 9.03 Å². The van der Waals surface area contributed by atoms with Crippen LogP contribution in [-0.2, 0) is 14.9 Å². The number of rotatable bonds is 6. The van der Waals surface area contributed by atoms with Crippen LogP contribution >= 0.6 is 0 Å². The summed E-state index contributed by atoms with van der Waals surface area (Å²) in [4.78, 5) is 11.0. The topological polar surface area (TPSA) is 102 Å². The molecule has 0 heterocycles. The second-order valence-corrected chi connectivity index (χ2v) is 5.00. The van der Waals surface area contributed by atoms with E-state index in [1.165, 1.54) is 7.05 Å². The second kappa shape index (κ2) is 6.66. The van der Waals surface area contributed by atoms with E-state index in [9.17, 15) is 13.2 Å². The summed E-state index contributed by atoms with van der Waals surface area (Å²) < 4.78 is 30.5. The molecule has 0 aromatic rings. The minimum atomic E-state index is -3.85. The van der Waals surface area contributed by atoms with E-state index in [0.29, 0.717) is 13.0 Å². The van der Waals surface area contributed by atoms with Crippen molar-refractivity contribution in [3.8, 4) is 0 Å². The van der Waals surface area contributed by atoms with Gasteiger partial charge < -0.3 is 10.5 Å². The number of nitrogens with zero attached hydrogens (tertiary/aromatic N) is 1. The molecule has 0 bridgehead atoms. The Kier molecular flexibility index (Phi) is 6.31. The first-order valence-corrected chi connectivity index (χ1v) is 6.41. The van der Waals surface area contributed by atoms with Crippen molar-refractivity contribution in [3.63, 3.8) is 0 Å². The third kappa shape index (κ3) is 4.77. The molecule has 0 aromatic heterocycles. The van der Waals surface area contributed by atoms with Gasteiger partial charge in [0.1, 0.15) is 0 Å². The number of nitrogens with one attached hydrogen (secondary N) is 1. The number of hydrogen-bond acceptors (Lipinski definition) is 5. The Balaban J connectivity index is 4.48. The van der Waals surface area contributed by atoms with Gasteiger partial charge in [-0.25, -0.2) is 9.52 Å². The molecule has 0 radical (unpaired) electrons. The number of amides is 1. The zero-order valence-electron chi connectivity index (χ0n) is 9.76. The van der Waals surface area contributed by atoms with Crippen molar-refractivity contribution < 1.29 is 17.9 Å². The highest BCUT2D eigenvalue weighted by molar-refractivity contribution is 7.87. The van der Waals surface area contributed by atoms with Crippen molar-refractivity contribution in [3.05, 3.63) is 0 Å².